The van der Waals surface area contributed by atoms with E-state index in [1.54, 1.807) is 12.3 Å². The molecule has 0 aliphatic heterocycles. The first kappa shape index (κ1) is 23.4. The van der Waals surface area contributed by atoms with Gasteiger partial charge < -0.3 is 5.73 Å². The normalized spacial score (nSPS) is 14.3. The lowest BCUT2D eigenvalue weighted by Crippen LogP contribution is -2.28. The first-order chi connectivity index (χ1) is 15.7. The maximum absolute atomic E-state index is 12.4. The molecule has 7 nitrogen and oxygen atoms in total. The molecule has 174 valence electrons. The molecule has 0 radical (unpaired) electrons. The van der Waals surface area contributed by atoms with Crippen molar-refractivity contribution in [1.82, 2.24) is 9.97 Å². The van der Waals surface area contributed by atoms with Crippen molar-refractivity contribution in [3.63, 3.8) is 0 Å². The molecule has 3 N–H and O–H groups in total. The fourth-order valence-corrected chi connectivity index (χ4v) is 6.71. The third kappa shape index (κ3) is 4.52. The van der Waals surface area contributed by atoms with Crippen LogP contribution >= 0.6 is 11.3 Å². The van der Waals surface area contributed by atoms with E-state index in [-0.39, 0.29) is 5.25 Å². The van der Waals surface area contributed by atoms with E-state index < -0.39 is 21.3 Å². The van der Waals surface area contributed by atoms with Crippen LogP contribution in [0.25, 0.3) is 11.1 Å². The molecule has 33 heavy (non-hydrogen) atoms. The minimum absolute atomic E-state index is 0.320. The number of nitrogens with zero attached hydrogens (tertiary/aromatic N) is 2. The average molecular weight is 485 g/mol. The molecular formula is C24H28N4O3S2. The predicted octanol–water partition coefficient (Wildman–Crippen LogP) is 4.62. The zero-order chi connectivity index (χ0) is 23.8. The van der Waals surface area contributed by atoms with Crippen LogP contribution in [0.15, 0.2) is 42.0 Å². The fraction of sp³-hybridized carbons (Fsp3) is 0.375. The number of primary amides is 1. The molecular weight excluding hydrogens is 456 g/mol. The smallest absolute Gasteiger partial charge is 0.248 e. The lowest BCUT2D eigenvalue weighted by molar-refractivity contribution is 0.1000. The van der Waals surface area contributed by atoms with Gasteiger partial charge in [0.25, 0.3) is 0 Å². The van der Waals surface area contributed by atoms with Crippen LogP contribution in [-0.2, 0) is 15.4 Å². The number of pyridine rings is 1. The molecule has 0 bridgehead atoms. The van der Waals surface area contributed by atoms with Crippen LogP contribution < -0.4 is 10.5 Å². The van der Waals surface area contributed by atoms with Gasteiger partial charge in [0.05, 0.1) is 10.9 Å². The van der Waals surface area contributed by atoms with E-state index in [2.05, 4.69) is 29.6 Å². The highest BCUT2D eigenvalue weighted by molar-refractivity contribution is 7.93. The Morgan fingerprint density at radius 1 is 1.21 bits per heavy atom. The summed E-state index contributed by atoms with van der Waals surface area (Å²) >= 11 is 1.28. The molecule has 9 heteroatoms. The van der Waals surface area contributed by atoms with E-state index in [1.807, 2.05) is 30.6 Å². The Labute approximate surface area is 198 Å². The van der Waals surface area contributed by atoms with E-state index in [0.717, 1.165) is 27.9 Å². The van der Waals surface area contributed by atoms with Gasteiger partial charge in [-0.2, -0.15) is 0 Å². The predicted molar refractivity (Wildman–Crippen MR) is 132 cm³/mol. The summed E-state index contributed by atoms with van der Waals surface area (Å²) in [6.07, 6.45) is 6.39. The van der Waals surface area contributed by atoms with Gasteiger partial charge in [0, 0.05) is 34.3 Å². The second-order valence-corrected chi connectivity index (χ2v) is 11.4. The molecule has 1 aromatic carbocycles. The molecule has 0 saturated heterocycles. The number of carbonyl (C=O) groups is 1. The van der Waals surface area contributed by atoms with Gasteiger partial charge in [-0.3, -0.25) is 14.5 Å². The lowest BCUT2D eigenvalue weighted by Gasteiger charge is -2.33. The van der Waals surface area contributed by atoms with E-state index in [0.29, 0.717) is 36.4 Å². The van der Waals surface area contributed by atoms with Crippen LogP contribution in [0.1, 0.15) is 66.7 Å². The van der Waals surface area contributed by atoms with Crippen molar-refractivity contribution in [1.29, 1.82) is 0 Å². The first-order valence-corrected chi connectivity index (χ1v) is 13.5. The standard InChI is InChI=1S/C24H28N4O3S2/c1-4-24(5-2,21-14-32-23(27-21)28-33(30,31)18-7-8-18)20-11-16(22(25)29)6-9-19(20)17-10-15(3)12-26-13-17/h6,9-14,18H,4-5,7-8H2,1-3H3,(H2,25,29)(H,27,28). The number of thiazole rings is 1. The van der Waals surface area contributed by atoms with Gasteiger partial charge in [0.1, 0.15) is 0 Å². The quantitative estimate of drug-likeness (QED) is 0.460. The Morgan fingerprint density at radius 2 is 1.94 bits per heavy atom. The number of hydrogen-bond donors (Lipinski definition) is 2. The number of nitrogens with one attached hydrogen (secondary N) is 1. The molecule has 1 saturated carbocycles. The minimum atomic E-state index is -3.40. The second-order valence-electron chi connectivity index (χ2n) is 8.55. The van der Waals surface area contributed by atoms with Crippen LogP contribution in [0, 0.1) is 6.92 Å². The Balaban J connectivity index is 1.86. The molecule has 2 aromatic heterocycles. The van der Waals surface area contributed by atoms with Gasteiger partial charge in [-0.1, -0.05) is 19.9 Å². The molecule has 1 fully saturated rings. The summed E-state index contributed by atoms with van der Waals surface area (Å²) in [6.45, 7) is 6.14. The van der Waals surface area contributed by atoms with Crippen molar-refractivity contribution in [3.05, 3.63) is 64.4 Å². The van der Waals surface area contributed by atoms with Crippen molar-refractivity contribution >= 4 is 32.4 Å². The van der Waals surface area contributed by atoms with Crippen molar-refractivity contribution in [3.8, 4) is 11.1 Å². The maximum Gasteiger partial charge on any atom is 0.248 e. The topological polar surface area (TPSA) is 115 Å². The molecule has 2 heterocycles. The van der Waals surface area contributed by atoms with Crippen molar-refractivity contribution in [2.75, 3.05) is 4.72 Å². The van der Waals surface area contributed by atoms with Crippen LogP contribution in [0.5, 0.6) is 0 Å². The summed E-state index contributed by atoms with van der Waals surface area (Å²) in [6, 6.07) is 7.55. The highest BCUT2D eigenvalue weighted by Gasteiger charge is 2.38. The second kappa shape index (κ2) is 8.87. The molecule has 1 aliphatic rings. The molecule has 1 aliphatic carbocycles. The Bertz CT molecular complexity index is 1290. The number of rotatable bonds is 9. The largest absolute Gasteiger partial charge is 0.366 e. The van der Waals surface area contributed by atoms with Crippen molar-refractivity contribution in [2.45, 2.75) is 57.1 Å². The van der Waals surface area contributed by atoms with Gasteiger partial charge in [0.2, 0.25) is 15.9 Å². The summed E-state index contributed by atoms with van der Waals surface area (Å²) in [4.78, 5) is 21.1. The number of hydrogen-bond acceptors (Lipinski definition) is 6. The van der Waals surface area contributed by atoms with Gasteiger partial charge in [-0.15, -0.1) is 11.3 Å². The molecule has 1 amide bonds. The number of amides is 1. The van der Waals surface area contributed by atoms with E-state index in [4.69, 9.17) is 10.7 Å². The molecule has 0 unspecified atom stereocenters. The number of nitrogens with two attached hydrogens (primary N) is 1. The van der Waals surface area contributed by atoms with E-state index in [1.165, 1.54) is 11.3 Å². The molecule has 4 rings (SSSR count). The summed E-state index contributed by atoms with van der Waals surface area (Å²) in [5, 5.41) is 1.96. The molecule has 0 atom stereocenters. The lowest BCUT2D eigenvalue weighted by atomic mass is 9.70. The van der Waals surface area contributed by atoms with Gasteiger partial charge in [0.15, 0.2) is 5.13 Å². The molecule has 0 spiro atoms. The summed E-state index contributed by atoms with van der Waals surface area (Å²) in [5.74, 6) is -0.498. The fourth-order valence-electron chi connectivity index (χ4n) is 4.30. The Hall–Kier alpha value is -2.78. The van der Waals surface area contributed by atoms with Gasteiger partial charge in [-0.05, 0) is 67.5 Å². The number of carbonyl (C=O) groups excluding carboxylic acids is 1. The number of aryl methyl sites for hydroxylation is 1. The van der Waals surface area contributed by atoms with Crippen LogP contribution in [0.2, 0.25) is 0 Å². The summed E-state index contributed by atoms with van der Waals surface area (Å²) in [5.41, 5.74) is 10.1. The maximum atomic E-state index is 12.4. The van der Waals surface area contributed by atoms with Crippen molar-refractivity contribution in [2.24, 2.45) is 5.73 Å². The summed E-state index contributed by atoms with van der Waals surface area (Å²) in [7, 11) is -3.40. The molecule has 3 aromatic rings. The average Bonchev–Trinajstić information content (AvgIpc) is 3.56. The van der Waals surface area contributed by atoms with Crippen LogP contribution in [0.3, 0.4) is 0 Å². The number of benzene rings is 1. The van der Waals surface area contributed by atoms with Gasteiger partial charge in [-0.25, -0.2) is 13.4 Å². The van der Waals surface area contributed by atoms with E-state index >= 15 is 0 Å². The first-order valence-electron chi connectivity index (χ1n) is 11.0. The number of sulfonamides is 1. The van der Waals surface area contributed by atoms with Gasteiger partial charge >= 0.3 is 0 Å². The van der Waals surface area contributed by atoms with Crippen LogP contribution in [0.4, 0.5) is 5.13 Å². The summed E-state index contributed by atoms with van der Waals surface area (Å²) < 4.78 is 27.5. The monoisotopic (exact) mass is 484 g/mol. The minimum Gasteiger partial charge on any atom is -0.366 e. The zero-order valence-electron chi connectivity index (χ0n) is 19.0. The SMILES string of the molecule is CCC(CC)(c1csc(NS(=O)(=O)C2CC2)n1)c1cc(C(N)=O)ccc1-c1cncc(C)c1. The number of anilines is 1. The Morgan fingerprint density at radius 3 is 2.55 bits per heavy atom. The highest BCUT2D eigenvalue weighted by Crippen LogP contribution is 2.45. The highest BCUT2D eigenvalue weighted by atomic mass is 32.2. The Kier molecular flexibility index (Phi) is 6.28. The van der Waals surface area contributed by atoms with E-state index in [9.17, 15) is 13.2 Å². The zero-order valence-corrected chi connectivity index (χ0v) is 20.6. The third-order valence-corrected chi connectivity index (χ3v) is 9.11. The van der Waals surface area contributed by atoms with Crippen molar-refractivity contribution < 1.29 is 13.2 Å². The third-order valence-electron chi connectivity index (χ3n) is 6.40. The van der Waals surface area contributed by atoms with Crippen LogP contribution in [-0.4, -0.2) is 29.5 Å². The number of aromatic nitrogens is 2.